The third-order valence-electron chi connectivity index (χ3n) is 0.933. The molecule has 0 unspecified atom stereocenters. The van der Waals surface area contributed by atoms with Gasteiger partial charge in [0.25, 0.3) is 0 Å². The van der Waals surface area contributed by atoms with E-state index in [1.54, 1.807) is 6.92 Å². The van der Waals surface area contributed by atoms with Crippen molar-refractivity contribution in [3.8, 4) is 0 Å². The molecule has 0 radical (unpaired) electrons. The molecule has 1 rings (SSSR count). The molecular weight excluding hydrogens is 136 g/mol. The molecule has 0 fully saturated rings. The predicted octanol–water partition coefficient (Wildman–Crippen LogP) is 0.788. The molecule has 0 aliphatic heterocycles. The Balaban J connectivity index is 2.98. The van der Waals surface area contributed by atoms with Gasteiger partial charge in [0.05, 0.1) is 6.20 Å². The van der Waals surface area contributed by atoms with Crippen LogP contribution < -0.4 is 0 Å². The lowest BCUT2D eigenvalue weighted by molar-refractivity contribution is 0.108. The minimum Gasteiger partial charge on any atom is -0.339 e. The molecule has 1 aromatic rings. The number of nitrogens with zero attached hydrogens (tertiary/aromatic N) is 1. The Bertz CT molecular complexity index is 231. The Morgan fingerprint density at radius 1 is 1.89 bits per heavy atom. The summed E-state index contributed by atoms with van der Waals surface area (Å²) in [6.07, 6.45) is 1.46. The molecule has 0 amide bonds. The average Bonchev–Trinajstić information content (AvgIpc) is 2.14. The van der Waals surface area contributed by atoms with Gasteiger partial charge in [0.15, 0.2) is 0 Å². The zero-order chi connectivity index (χ0) is 6.85. The molecular formula is C5H6N2OS. The van der Waals surface area contributed by atoms with E-state index in [2.05, 4.69) is 22.6 Å². The van der Waals surface area contributed by atoms with Crippen molar-refractivity contribution in [2.45, 2.75) is 6.92 Å². The number of hydrogen-bond donors (Lipinski definition) is 2. The Labute approximate surface area is 57.9 Å². The number of aromatic nitrogens is 2. The number of thiol groups is 1. The van der Waals surface area contributed by atoms with Crippen LogP contribution in [-0.2, 0) is 0 Å². The van der Waals surface area contributed by atoms with Gasteiger partial charge >= 0.3 is 0 Å². The van der Waals surface area contributed by atoms with E-state index in [9.17, 15) is 4.79 Å². The van der Waals surface area contributed by atoms with E-state index in [1.165, 1.54) is 6.20 Å². The van der Waals surface area contributed by atoms with Gasteiger partial charge < -0.3 is 4.98 Å². The van der Waals surface area contributed by atoms with Crippen LogP contribution in [-0.4, -0.2) is 15.1 Å². The van der Waals surface area contributed by atoms with Gasteiger partial charge in [0, 0.05) is 0 Å². The molecule has 0 saturated heterocycles. The molecule has 0 bridgehead atoms. The molecule has 9 heavy (non-hydrogen) atoms. The van der Waals surface area contributed by atoms with Gasteiger partial charge in [-0.05, 0) is 6.92 Å². The van der Waals surface area contributed by atoms with Crippen molar-refractivity contribution in [2.75, 3.05) is 0 Å². The highest BCUT2D eigenvalue weighted by molar-refractivity contribution is 7.97. The van der Waals surface area contributed by atoms with E-state index in [1.807, 2.05) is 0 Å². The predicted molar refractivity (Wildman–Crippen MR) is 36.6 cm³/mol. The summed E-state index contributed by atoms with van der Waals surface area (Å²) in [6.45, 7) is 1.78. The number of hydrogen-bond acceptors (Lipinski definition) is 2. The molecule has 0 atom stereocenters. The Morgan fingerprint density at radius 3 is 2.78 bits per heavy atom. The second-order valence-electron chi connectivity index (χ2n) is 1.69. The lowest BCUT2D eigenvalue weighted by atomic mass is 10.5. The first kappa shape index (κ1) is 6.35. The quantitative estimate of drug-likeness (QED) is 0.569. The van der Waals surface area contributed by atoms with Crippen LogP contribution >= 0.6 is 12.6 Å². The summed E-state index contributed by atoms with van der Waals surface area (Å²) in [6, 6.07) is 0. The highest BCUT2D eigenvalue weighted by Crippen LogP contribution is 1.98. The van der Waals surface area contributed by atoms with Crippen LogP contribution in [0, 0.1) is 6.92 Å². The first-order valence-corrected chi connectivity index (χ1v) is 2.90. The summed E-state index contributed by atoms with van der Waals surface area (Å²) < 4.78 is 0. The third-order valence-corrected chi connectivity index (χ3v) is 1.17. The number of aryl methyl sites for hydroxylation is 1. The fraction of sp³-hybridized carbons (Fsp3) is 0.200. The molecule has 0 aromatic carbocycles. The van der Waals surface area contributed by atoms with Gasteiger partial charge in [-0.1, -0.05) is 12.6 Å². The lowest BCUT2D eigenvalue weighted by Gasteiger charge is -1.81. The summed E-state index contributed by atoms with van der Waals surface area (Å²) >= 11 is 3.59. The van der Waals surface area contributed by atoms with Gasteiger partial charge in [0.1, 0.15) is 11.5 Å². The monoisotopic (exact) mass is 142 g/mol. The van der Waals surface area contributed by atoms with Crippen molar-refractivity contribution in [2.24, 2.45) is 0 Å². The van der Waals surface area contributed by atoms with Crippen LogP contribution in [0.1, 0.15) is 16.3 Å². The van der Waals surface area contributed by atoms with E-state index in [0.29, 0.717) is 5.69 Å². The SMILES string of the molecule is Cc1ncc(C(=O)S)[nH]1. The summed E-state index contributed by atoms with van der Waals surface area (Å²) in [4.78, 5) is 17.0. The van der Waals surface area contributed by atoms with Crippen LogP contribution in [0.5, 0.6) is 0 Å². The molecule has 0 aliphatic carbocycles. The van der Waals surface area contributed by atoms with E-state index >= 15 is 0 Å². The number of carbonyl (C=O) groups excluding carboxylic acids is 1. The van der Waals surface area contributed by atoms with E-state index in [4.69, 9.17) is 0 Å². The van der Waals surface area contributed by atoms with Gasteiger partial charge in [-0.3, -0.25) is 4.79 Å². The largest absolute Gasteiger partial charge is 0.339 e. The maximum Gasteiger partial charge on any atom is 0.234 e. The maximum absolute atomic E-state index is 10.5. The molecule has 48 valence electrons. The van der Waals surface area contributed by atoms with Crippen molar-refractivity contribution in [1.29, 1.82) is 0 Å². The zero-order valence-corrected chi connectivity index (χ0v) is 5.77. The molecule has 0 spiro atoms. The molecule has 1 N–H and O–H groups in total. The minimum atomic E-state index is -0.282. The first-order chi connectivity index (χ1) is 4.20. The summed E-state index contributed by atoms with van der Waals surface area (Å²) in [7, 11) is 0. The van der Waals surface area contributed by atoms with Crippen molar-refractivity contribution < 1.29 is 4.79 Å². The van der Waals surface area contributed by atoms with Crippen LogP contribution in [0.25, 0.3) is 0 Å². The topological polar surface area (TPSA) is 45.8 Å². The number of nitrogens with one attached hydrogen (secondary N) is 1. The normalized spacial score (nSPS) is 9.56. The summed E-state index contributed by atoms with van der Waals surface area (Å²) in [5.41, 5.74) is 0.441. The maximum atomic E-state index is 10.5. The smallest absolute Gasteiger partial charge is 0.234 e. The number of aromatic amines is 1. The second-order valence-corrected chi connectivity index (χ2v) is 2.09. The highest BCUT2D eigenvalue weighted by Gasteiger charge is 2.00. The molecule has 3 nitrogen and oxygen atoms in total. The molecule has 0 saturated carbocycles. The summed E-state index contributed by atoms with van der Waals surface area (Å²) in [5, 5.41) is -0.282. The third kappa shape index (κ3) is 1.32. The molecule has 4 heteroatoms. The standard InChI is InChI=1S/C5H6N2OS/c1-3-6-2-4(7-3)5(8)9/h2H,1H3,(H,6,7)(H,8,9). The number of carbonyl (C=O) groups is 1. The van der Waals surface area contributed by atoms with Crippen LogP contribution in [0.4, 0.5) is 0 Å². The van der Waals surface area contributed by atoms with Crippen LogP contribution in [0.2, 0.25) is 0 Å². The molecule has 1 heterocycles. The van der Waals surface area contributed by atoms with Crippen molar-refractivity contribution in [1.82, 2.24) is 9.97 Å². The Hall–Kier alpha value is -0.770. The van der Waals surface area contributed by atoms with Gasteiger partial charge in [-0.25, -0.2) is 4.98 Å². The highest BCUT2D eigenvalue weighted by atomic mass is 32.1. The lowest BCUT2D eigenvalue weighted by Crippen LogP contribution is -1.87. The Morgan fingerprint density at radius 2 is 2.56 bits per heavy atom. The molecule has 0 aliphatic rings. The summed E-state index contributed by atoms with van der Waals surface area (Å²) in [5.74, 6) is 0.729. The van der Waals surface area contributed by atoms with Crippen LogP contribution in [0.15, 0.2) is 6.20 Å². The van der Waals surface area contributed by atoms with Crippen molar-refractivity contribution >= 4 is 17.7 Å². The number of rotatable bonds is 1. The van der Waals surface area contributed by atoms with Crippen LogP contribution in [0.3, 0.4) is 0 Å². The van der Waals surface area contributed by atoms with Crippen molar-refractivity contribution in [3.63, 3.8) is 0 Å². The second kappa shape index (κ2) is 2.23. The average molecular weight is 142 g/mol. The van der Waals surface area contributed by atoms with E-state index < -0.39 is 0 Å². The van der Waals surface area contributed by atoms with E-state index in [-0.39, 0.29) is 5.12 Å². The Kier molecular flexibility index (Phi) is 1.57. The first-order valence-electron chi connectivity index (χ1n) is 2.45. The van der Waals surface area contributed by atoms with E-state index in [0.717, 1.165) is 5.82 Å². The van der Waals surface area contributed by atoms with Gasteiger partial charge in [0.2, 0.25) is 5.12 Å². The fourth-order valence-corrected chi connectivity index (χ4v) is 0.643. The minimum absolute atomic E-state index is 0.282. The zero-order valence-electron chi connectivity index (χ0n) is 4.88. The van der Waals surface area contributed by atoms with Gasteiger partial charge in [-0.2, -0.15) is 0 Å². The van der Waals surface area contributed by atoms with Gasteiger partial charge in [-0.15, -0.1) is 0 Å². The number of imidazole rings is 1. The fourth-order valence-electron chi connectivity index (χ4n) is 0.530. The van der Waals surface area contributed by atoms with Crippen molar-refractivity contribution in [3.05, 3.63) is 17.7 Å². The molecule has 1 aromatic heterocycles. The number of H-pyrrole nitrogens is 1.